The molecule has 5 rings (SSSR count). The maximum Gasteiger partial charge on any atom is 0.137 e. The highest BCUT2D eigenvalue weighted by Crippen LogP contribution is 2.26. The van der Waals surface area contributed by atoms with Gasteiger partial charge in [0.05, 0.1) is 17.6 Å². The lowest BCUT2D eigenvalue weighted by Gasteiger charge is -2.32. The summed E-state index contributed by atoms with van der Waals surface area (Å²) in [5.74, 6) is 2.36. The third kappa shape index (κ3) is 5.80. The van der Waals surface area contributed by atoms with Crippen molar-refractivity contribution in [3.63, 3.8) is 0 Å². The summed E-state index contributed by atoms with van der Waals surface area (Å²) in [5.41, 5.74) is 3.11. The second-order valence-electron chi connectivity index (χ2n) is 9.23. The van der Waals surface area contributed by atoms with Gasteiger partial charge in [-0.25, -0.2) is 9.97 Å². The predicted molar refractivity (Wildman–Crippen MR) is 143 cm³/mol. The van der Waals surface area contributed by atoms with Crippen LogP contribution in [0.4, 0.5) is 11.5 Å². The molecule has 2 aromatic carbocycles. The number of aromatic nitrogens is 3. The first kappa shape index (κ1) is 23.3. The van der Waals surface area contributed by atoms with Crippen LogP contribution in [0.3, 0.4) is 0 Å². The molecule has 0 aliphatic carbocycles. The summed E-state index contributed by atoms with van der Waals surface area (Å²) in [7, 11) is 0. The van der Waals surface area contributed by atoms with Gasteiger partial charge in [0.2, 0.25) is 0 Å². The summed E-state index contributed by atoms with van der Waals surface area (Å²) in [6.45, 7) is 8.01. The van der Waals surface area contributed by atoms with Crippen molar-refractivity contribution < 1.29 is 4.74 Å². The number of hydrogen-bond donors (Lipinski definition) is 2. The first-order chi connectivity index (χ1) is 17.3. The second kappa shape index (κ2) is 11.3. The molecule has 1 aliphatic heterocycles. The third-order valence-electron chi connectivity index (χ3n) is 6.74. The van der Waals surface area contributed by atoms with Gasteiger partial charge in [0.15, 0.2) is 0 Å². The van der Waals surface area contributed by atoms with E-state index in [-0.39, 0.29) is 0 Å². The molecule has 1 aliphatic rings. The predicted octanol–water partition coefficient (Wildman–Crippen LogP) is 5.20. The van der Waals surface area contributed by atoms with E-state index in [4.69, 9.17) is 4.74 Å². The number of anilines is 2. The Bertz CT molecular complexity index is 1250. The van der Waals surface area contributed by atoms with Crippen molar-refractivity contribution in [1.82, 2.24) is 19.9 Å². The zero-order chi connectivity index (χ0) is 23.9. The average molecular weight is 471 g/mol. The van der Waals surface area contributed by atoms with Crippen LogP contribution in [0.5, 0.6) is 5.75 Å². The Morgan fingerprint density at radius 2 is 1.80 bits per heavy atom. The van der Waals surface area contributed by atoms with Gasteiger partial charge in [-0.3, -0.25) is 4.98 Å². The van der Waals surface area contributed by atoms with Crippen LogP contribution in [0.1, 0.15) is 26.2 Å². The van der Waals surface area contributed by atoms with Gasteiger partial charge in [-0.15, -0.1) is 0 Å². The number of ether oxygens (including phenoxy) is 1. The zero-order valence-electron chi connectivity index (χ0n) is 20.4. The summed E-state index contributed by atoms with van der Waals surface area (Å²) in [6, 6.07) is 16.5. The molecule has 0 unspecified atom stereocenters. The molecule has 1 fully saturated rings. The van der Waals surface area contributed by atoms with Gasteiger partial charge >= 0.3 is 0 Å². The third-order valence-corrected chi connectivity index (χ3v) is 6.74. The molecule has 7 heteroatoms. The maximum absolute atomic E-state index is 6.17. The first-order valence-electron chi connectivity index (χ1n) is 12.7. The van der Waals surface area contributed by atoms with Crippen LogP contribution in [0.15, 0.2) is 61.1 Å². The number of fused-ring (bicyclic) bond motifs is 2. The van der Waals surface area contributed by atoms with E-state index in [1.54, 1.807) is 6.33 Å². The molecular formula is C28H34N6O. The Labute approximate surface area is 206 Å². The average Bonchev–Trinajstić information content (AvgIpc) is 2.91. The van der Waals surface area contributed by atoms with Crippen LogP contribution in [-0.2, 0) is 0 Å². The topological polar surface area (TPSA) is 75.2 Å². The Hall–Kier alpha value is -3.45. The molecule has 0 radical (unpaired) electrons. The van der Waals surface area contributed by atoms with Crippen molar-refractivity contribution >= 4 is 33.3 Å². The number of para-hydroxylation sites is 1. The molecule has 0 saturated carbocycles. The van der Waals surface area contributed by atoms with Gasteiger partial charge in [-0.1, -0.05) is 25.1 Å². The minimum absolute atomic E-state index is 0.589. The molecule has 4 aromatic rings. The molecule has 35 heavy (non-hydrogen) atoms. The minimum atomic E-state index is 0.589. The van der Waals surface area contributed by atoms with Crippen LogP contribution in [0, 0.1) is 5.92 Å². The van der Waals surface area contributed by atoms with Gasteiger partial charge in [-0.05, 0) is 62.5 Å². The molecule has 0 amide bonds. The number of benzene rings is 2. The van der Waals surface area contributed by atoms with Crippen LogP contribution in [-0.4, -0.2) is 59.2 Å². The zero-order valence-corrected chi connectivity index (χ0v) is 20.4. The highest BCUT2D eigenvalue weighted by molar-refractivity contribution is 5.91. The molecule has 0 atom stereocenters. The van der Waals surface area contributed by atoms with Crippen LogP contribution in [0.25, 0.3) is 21.8 Å². The molecule has 0 bridgehead atoms. The highest BCUT2D eigenvalue weighted by Gasteiger charge is 2.19. The molecule has 3 heterocycles. The van der Waals surface area contributed by atoms with E-state index in [2.05, 4.69) is 67.7 Å². The Kier molecular flexibility index (Phi) is 7.53. The van der Waals surface area contributed by atoms with Crippen LogP contribution >= 0.6 is 0 Å². The second-order valence-corrected chi connectivity index (χ2v) is 9.23. The fourth-order valence-electron chi connectivity index (χ4n) is 4.70. The summed E-state index contributed by atoms with van der Waals surface area (Å²) in [5, 5.41) is 9.19. The quantitative estimate of drug-likeness (QED) is 0.330. The lowest BCUT2D eigenvalue weighted by molar-refractivity contribution is 0.145. The molecule has 2 N–H and O–H groups in total. The number of hydrogen-bond acceptors (Lipinski definition) is 7. The molecule has 182 valence electrons. The normalized spacial score (nSPS) is 14.9. The Morgan fingerprint density at radius 3 is 2.69 bits per heavy atom. The van der Waals surface area contributed by atoms with Crippen LogP contribution < -0.4 is 15.4 Å². The molecular weight excluding hydrogens is 436 g/mol. The lowest BCUT2D eigenvalue weighted by atomic mass is 9.98. The number of rotatable bonds is 10. The van der Waals surface area contributed by atoms with E-state index in [1.165, 1.54) is 18.2 Å². The van der Waals surface area contributed by atoms with Crippen molar-refractivity contribution in [2.75, 3.05) is 50.0 Å². The van der Waals surface area contributed by atoms with Crippen molar-refractivity contribution in [1.29, 1.82) is 0 Å². The van der Waals surface area contributed by atoms with Crippen molar-refractivity contribution in [3.8, 4) is 5.75 Å². The van der Waals surface area contributed by atoms with Gasteiger partial charge in [-0.2, -0.15) is 0 Å². The monoisotopic (exact) mass is 470 g/mol. The fourth-order valence-corrected chi connectivity index (χ4v) is 4.70. The van der Waals surface area contributed by atoms with E-state index in [9.17, 15) is 0 Å². The SMILES string of the molecule is CCCNc1ncnc2cc(OCC3CCN(CCNc4ccnc5ccccc45)CC3)ccc12. The summed E-state index contributed by atoms with van der Waals surface area (Å²) in [4.78, 5) is 15.8. The molecule has 1 saturated heterocycles. The number of pyridine rings is 1. The van der Waals surface area contributed by atoms with Gasteiger partial charge < -0.3 is 20.3 Å². The number of piperidine rings is 1. The maximum atomic E-state index is 6.17. The fraction of sp³-hybridized carbons (Fsp3) is 0.393. The lowest BCUT2D eigenvalue weighted by Crippen LogP contribution is -2.38. The standard InChI is InChI=1S/C28H34N6O/c1-2-12-31-28-24-8-7-22(18-27(24)32-20-33-28)35-19-21-10-15-34(16-11-21)17-14-30-26-9-13-29-25-6-4-3-5-23(25)26/h3-9,13,18,20-21H,2,10-12,14-17,19H2,1H3,(H,29,30)(H,31,32,33). The summed E-state index contributed by atoms with van der Waals surface area (Å²) < 4.78 is 6.17. The van der Waals surface area contributed by atoms with Crippen LogP contribution in [0.2, 0.25) is 0 Å². The molecule has 2 aromatic heterocycles. The highest BCUT2D eigenvalue weighted by atomic mass is 16.5. The number of nitrogens with zero attached hydrogens (tertiary/aromatic N) is 4. The summed E-state index contributed by atoms with van der Waals surface area (Å²) in [6.07, 6.45) is 6.88. The van der Waals surface area contributed by atoms with Crippen molar-refractivity contribution in [2.24, 2.45) is 5.92 Å². The first-order valence-corrected chi connectivity index (χ1v) is 12.7. The smallest absolute Gasteiger partial charge is 0.137 e. The minimum Gasteiger partial charge on any atom is -0.493 e. The molecule has 0 spiro atoms. The van der Waals surface area contributed by atoms with E-state index >= 15 is 0 Å². The number of likely N-dealkylation sites (tertiary alicyclic amines) is 1. The Morgan fingerprint density at radius 1 is 0.914 bits per heavy atom. The van der Waals surface area contributed by atoms with E-state index in [1.807, 2.05) is 24.4 Å². The van der Waals surface area contributed by atoms with Gasteiger partial charge in [0, 0.05) is 48.4 Å². The van der Waals surface area contributed by atoms with E-state index in [0.717, 1.165) is 79.4 Å². The molecule has 7 nitrogen and oxygen atoms in total. The van der Waals surface area contributed by atoms with Gasteiger partial charge in [0.25, 0.3) is 0 Å². The summed E-state index contributed by atoms with van der Waals surface area (Å²) >= 11 is 0. The van der Waals surface area contributed by atoms with Crippen molar-refractivity contribution in [2.45, 2.75) is 26.2 Å². The Balaban J connectivity index is 1.07. The van der Waals surface area contributed by atoms with Gasteiger partial charge in [0.1, 0.15) is 17.9 Å². The van der Waals surface area contributed by atoms with E-state index < -0.39 is 0 Å². The van der Waals surface area contributed by atoms with Crippen molar-refractivity contribution in [3.05, 3.63) is 61.1 Å². The largest absolute Gasteiger partial charge is 0.493 e. The van der Waals surface area contributed by atoms with E-state index in [0.29, 0.717) is 5.92 Å². The number of nitrogens with one attached hydrogen (secondary N) is 2.